The molecule has 0 saturated heterocycles. The van der Waals surface area contributed by atoms with Gasteiger partial charge in [-0.3, -0.25) is 0 Å². The van der Waals surface area contributed by atoms with Crippen LogP contribution in [0, 0.1) is 5.41 Å². The van der Waals surface area contributed by atoms with Crippen LogP contribution in [0.3, 0.4) is 0 Å². The summed E-state index contributed by atoms with van der Waals surface area (Å²) in [7, 11) is 1.86. The van der Waals surface area contributed by atoms with Crippen LogP contribution in [0.25, 0.3) is 0 Å². The molecule has 1 aromatic rings. The summed E-state index contributed by atoms with van der Waals surface area (Å²) in [6.07, 6.45) is 6.66. The van der Waals surface area contributed by atoms with Crippen LogP contribution in [-0.4, -0.2) is 30.1 Å². The fraction of sp³-hybridized carbons (Fsp3) is 0.611. The molecule has 120 valence electrons. The highest BCUT2D eigenvalue weighted by atomic mass is 16.6. The molecule has 1 aromatic carbocycles. The van der Waals surface area contributed by atoms with Gasteiger partial charge < -0.3 is 15.4 Å². The maximum atomic E-state index is 12.2. The number of nitrogens with two attached hydrogens (primary N) is 1. The van der Waals surface area contributed by atoms with E-state index in [0.717, 1.165) is 18.4 Å². The smallest absolute Gasteiger partial charge is 0.410 e. The van der Waals surface area contributed by atoms with E-state index < -0.39 is 0 Å². The van der Waals surface area contributed by atoms with Crippen molar-refractivity contribution >= 4 is 6.09 Å². The zero-order chi connectivity index (χ0) is 15.6. The number of amides is 1. The van der Waals surface area contributed by atoms with Gasteiger partial charge in [0.1, 0.15) is 6.61 Å². The second-order valence-corrected chi connectivity index (χ2v) is 7.05. The molecule has 0 aromatic heterocycles. The minimum atomic E-state index is -0.213. The Morgan fingerprint density at radius 1 is 1.27 bits per heavy atom. The van der Waals surface area contributed by atoms with E-state index in [4.69, 9.17) is 10.5 Å². The summed E-state index contributed by atoms with van der Waals surface area (Å²) in [6.45, 7) is 0.343. The van der Waals surface area contributed by atoms with Crippen LogP contribution in [0.15, 0.2) is 30.3 Å². The van der Waals surface area contributed by atoms with Gasteiger partial charge in [0.2, 0.25) is 0 Å². The van der Waals surface area contributed by atoms with Gasteiger partial charge in [0.15, 0.2) is 0 Å². The zero-order valence-electron chi connectivity index (χ0n) is 13.3. The van der Waals surface area contributed by atoms with Crippen molar-refractivity contribution in [2.75, 3.05) is 7.05 Å². The number of benzene rings is 1. The monoisotopic (exact) mass is 302 g/mol. The number of nitrogens with zero attached hydrogens (tertiary/aromatic N) is 1. The maximum Gasteiger partial charge on any atom is 0.410 e. The SMILES string of the molecule is CN(C(=O)OCc1ccccc1)[C@H]1CCC2(CC1)C[C@@H](N)C2. The largest absolute Gasteiger partial charge is 0.445 e. The van der Waals surface area contributed by atoms with Crippen molar-refractivity contribution in [3.63, 3.8) is 0 Å². The number of hydrogen-bond acceptors (Lipinski definition) is 3. The summed E-state index contributed by atoms with van der Waals surface area (Å²) in [4.78, 5) is 14.0. The molecule has 2 fully saturated rings. The Balaban J connectivity index is 1.45. The van der Waals surface area contributed by atoms with E-state index in [-0.39, 0.29) is 6.09 Å². The van der Waals surface area contributed by atoms with E-state index in [2.05, 4.69) is 0 Å². The van der Waals surface area contributed by atoms with Crippen molar-refractivity contribution in [1.29, 1.82) is 0 Å². The predicted molar refractivity (Wildman–Crippen MR) is 86.3 cm³/mol. The van der Waals surface area contributed by atoms with Gasteiger partial charge >= 0.3 is 6.09 Å². The molecule has 0 bridgehead atoms. The van der Waals surface area contributed by atoms with Crippen LogP contribution in [-0.2, 0) is 11.3 Å². The molecule has 0 unspecified atom stereocenters. The number of carbonyl (C=O) groups excluding carboxylic acids is 1. The van der Waals surface area contributed by atoms with Crippen molar-refractivity contribution in [2.24, 2.45) is 11.1 Å². The molecule has 0 aliphatic heterocycles. The fourth-order valence-electron chi connectivity index (χ4n) is 4.03. The summed E-state index contributed by atoms with van der Waals surface area (Å²) < 4.78 is 5.42. The van der Waals surface area contributed by atoms with Crippen LogP contribution in [0.2, 0.25) is 0 Å². The quantitative estimate of drug-likeness (QED) is 0.932. The van der Waals surface area contributed by atoms with Gasteiger partial charge in [-0.1, -0.05) is 30.3 Å². The van der Waals surface area contributed by atoms with Gasteiger partial charge in [0, 0.05) is 19.1 Å². The van der Waals surface area contributed by atoms with Gasteiger partial charge in [0.05, 0.1) is 0 Å². The van der Waals surface area contributed by atoms with Crippen LogP contribution in [0.4, 0.5) is 4.79 Å². The van der Waals surface area contributed by atoms with E-state index in [1.54, 1.807) is 4.90 Å². The van der Waals surface area contributed by atoms with Gasteiger partial charge in [-0.25, -0.2) is 4.79 Å². The second-order valence-electron chi connectivity index (χ2n) is 7.05. The van der Waals surface area contributed by atoms with E-state index in [9.17, 15) is 4.79 Å². The molecule has 2 N–H and O–H groups in total. The summed E-state index contributed by atoms with van der Waals surface area (Å²) in [5.74, 6) is 0. The van der Waals surface area contributed by atoms with E-state index in [1.807, 2.05) is 37.4 Å². The fourth-order valence-corrected chi connectivity index (χ4v) is 4.03. The average Bonchev–Trinajstić information content (AvgIpc) is 2.52. The first-order chi connectivity index (χ1) is 10.6. The molecule has 1 amide bonds. The first-order valence-corrected chi connectivity index (χ1v) is 8.27. The highest BCUT2D eigenvalue weighted by Crippen LogP contribution is 2.51. The summed E-state index contributed by atoms with van der Waals surface area (Å²) >= 11 is 0. The Bertz CT molecular complexity index is 501. The third kappa shape index (κ3) is 3.27. The molecule has 22 heavy (non-hydrogen) atoms. The standard InChI is InChI=1S/C18H26N2O2/c1-20(17(21)22-13-14-5-3-2-4-6-14)16-7-9-18(10-8-16)11-15(19)12-18/h2-6,15-16H,7-13,19H2,1H3/t15-,16-,18?. The average molecular weight is 302 g/mol. The van der Waals surface area contributed by atoms with Crippen molar-refractivity contribution in [3.05, 3.63) is 35.9 Å². The lowest BCUT2D eigenvalue weighted by molar-refractivity contribution is 0.0179. The predicted octanol–water partition coefficient (Wildman–Crippen LogP) is 3.31. The van der Waals surface area contributed by atoms with Crippen molar-refractivity contribution in [1.82, 2.24) is 4.90 Å². The molecular weight excluding hydrogens is 276 g/mol. The topological polar surface area (TPSA) is 55.6 Å². The maximum absolute atomic E-state index is 12.2. The van der Waals surface area contributed by atoms with Gasteiger partial charge in [-0.2, -0.15) is 0 Å². The minimum Gasteiger partial charge on any atom is -0.445 e. The number of carbonyl (C=O) groups is 1. The normalized spacial score (nSPS) is 30.6. The summed E-state index contributed by atoms with van der Waals surface area (Å²) in [6, 6.07) is 10.5. The molecule has 1 spiro atoms. The van der Waals surface area contributed by atoms with Gasteiger partial charge in [-0.15, -0.1) is 0 Å². The number of ether oxygens (including phenoxy) is 1. The molecule has 4 nitrogen and oxygen atoms in total. The summed E-state index contributed by atoms with van der Waals surface area (Å²) in [5, 5.41) is 0. The number of rotatable bonds is 3. The van der Waals surface area contributed by atoms with Crippen LogP contribution in [0.5, 0.6) is 0 Å². The molecule has 2 saturated carbocycles. The Labute approximate surface area is 132 Å². The van der Waals surface area contributed by atoms with Crippen molar-refractivity contribution in [3.8, 4) is 0 Å². The molecule has 2 aliphatic rings. The van der Waals surface area contributed by atoms with E-state index in [1.165, 1.54) is 25.7 Å². The lowest BCUT2D eigenvalue weighted by Crippen LogP contribution is -2.50. The summed E-state index contributed by atoms with van der Waals surface area (Å²) in [5.41, 5.74) is 7.45. The Hall–Kier alpha value is -1.55. The third-order valence-corrected chi connectivity index (χ3v) is 5.45. The first-order valence-electron chi connectivity index (χ1n) is 8.27. The lowest BCUT2D eigenvalue weighted by Gasteiger charge is -2.51. The van der Waals surface area contributed by atoms with E-state index in [0.29, 0.717) is 24.1 Å². The molecule has 0 radical (unpaired) electrons. The lowest BCUT2D eigenvalue weighted by atomic mass is 9.58. The van der Waals surface area contributed by atoms with Crippen molar-refractivity contribution in [2.45, 2.75) is 57.2 Å². The second kappa shape index (κ2) is 6.29. The highest BCUT2D eigenvalue weighted by Gasteiger charge is 2.45. The molecule has 0 atom stereocenters. The third-order valence-electron chi connectivity index (χ3n) is 5.45. The highest BCUT2D eigenvalue weighted by molar-refractivity contribution is 5.67. The zero-order valence-corrected chi connectivity index (χ0v) is 13.3. The van der Waals surface area contributed by atoms with Crippen LogP contribution < -0.4 is 5.73 Å². The Morgan fingerprint density at radius 2 is 1.91 bits per heavy atom. The van der Waals surface area contributed by atoms with Gasteiger partial charge in [-0.05, 0) is 49.5 Å². The molecule has 3 rings (SSSR count). The Morgan fingerprint density at radius 3 is 2.50 bits per heavy atom. The molecular formula is C18H26N2O2. The van der Waals surface area contributed by atoms with Crippen LogP contribution >= 0.6 is 0 Å². The first kappa shape index (κ1) is 15.3. The Kier molecular flexibility index (Phi) is 4.39. The van der Waals surface area contributed by atoms with Crippen molar-refractivity contribution < 1.29 is 9.53 Å². The van der Waals surface area contributed by atoms with Crippen LogP contribution in [0.1, 0.15) is 44.1 Å². The van der Waals surface area contributed by atoms with Gasteiger partial charge in [0.25, 0.3) is 0 Å². The molecule has 0 heterocycles. The molecule has 4 heteroatoms. The van der Waals surface area contributed by atoms with E-state index >= 15 is 0 Å². The minimum absolute atomic E-state index is 0.213. The number of hydrogen-bond donors (Lipinski definition) is 1. The molecule has 2 aliphatic carbocycles.